The van der Waals surface area contributed by atoms with Crippen molar-refractivity contribution in [3.05, 3.63) is 71.3 Å². The number of aliphatic hydroxyl groups is 1. The molecule has 3 rings (SSSR count). The van der Waals surface area contributed by atoms with Gasteiger partial charge in [-0.15, -0.1) is 12.3 Å². The molecule has 0 radical (unpaired) electrons. The van der Waals surface area contributed by atoms with E-state index in [2.05, 4.69) is 16.6 Å². The second-order valence-corrected chi connectivity index (χ2v) is 9.20. The van der Waals surface area contributed by atoms with E-state index in [1.54, 1.807) is 36.4 Å². The summed E-state index contributed by atoms with van der Waals surface area (Å²) < 4.78 is 28.8. The fourth-order valence-corrected chi connectivity index (χ4v) is 4.31. The molecule has 3 amide bonds. The molecule has 37 heavy (non-hydrogen) atoms. The lowest BCUT2D eigenvalue weighted by atomic mass is 9.99. The fourth-order valence-electron chi connectivity index (χ4n) is 4.31. The molecular formula is C28H31F2N3O4. The number of aliphatic hydroxyl groups excluding tert-OH is 1. The van der Waals surface area contributed by atoms with Crippen molar-refractivity contribution in [1.82, 2.24) is 15.5 Å². The third-order valence-corrected chi connectivity index (χ3v) is 6.35. The summed E-state index contributed by atoms with van der Waals surface area (Å²) in [5.41, 5.74) is 2.46. The van der Waals surface area contributed by atoms with Gasteiger partial charge < -0.3 is 20.6 Å². The van der Waals surface area contributed by atoms with Crippen molar-refractivity contribution < 1.29 is 28.3 Å². The smallest absolute Gasteiger partial charge is 0.267 e. The molecule has 2 aromatic rings. The number of nitrogens with one attached hydrogen (secondary N) is 2. The number of alkyl halides is 2. The predicted octanol–water partition coefficient (Wildman–Crippen LogP) is 2.35. The van der Waals surface area contributed by atoms with Crippen LogP contribution in [0, 0.1) is 19.3 Å². The minimum absolute atomic E-state index is 0.0194. The molecule has 3 atom stereocenters. The van der Waals surface area contributed by atoms with Crippen LogP contribution in [0.25, 0.3) is 0 Å². The Bertz CT molecular complexity index is 1150. The van der Waals surface area contributed by atoms with Crippen LogP contribution in [0.1, 0.15) is 36.0 Å². The lowest BCUT2D eigenvalue weighted by Crippen LogP contribution is -2.55. The summed E-state index contributed by atoms with van der Waals surface area (Å²) >= 11 is 0. The second-order valence-electron chi connectivity index (χ2n) is 9.20. The number of hydrogen-bond donors (Lipinski definition) is 3. The first-order chi connectivity index (χ1) is 17.6. The Labute approximate surface area is 215 Å². The lowest BCUT2D eigenvalue weighted by Gasteiger charge is -2.30. The van der Waals surface area contributed by atoms with Gasteiger partial charge in [0, 0.05) is 25.8 Å². The number of rotatable bonds is 10. The van der Waals surface area contributed by atoms with E-state index in [0.717, 1.165) is 16.7 Å². The van der Waals surface area contributed by atoms with Crippen LogP contribution in [0.4, 0.5) is 8.78 Å². The number of nitrogens with zero attached hydrogens (tertiary/aromatic N) is 1. The Morgan fingerprint density at radius 3 is 2.51 bits per heavy atom. The highest BCUT2D eigenvalue weighted by Gasteiger charge is 2.51. The number of benzene rings is 2. The minimum Gasteiger partial charge on any atom is -0.381 e. The van der Waals surface area contributed by atoms with Gasteiger partial charge in [-0.1, -0.05) is 54.6 Å². The molecule has 0 aliphatic carbocycles. The summed E-state index contributed by atoms with van der Waals surface area (Å²) in [6.07, 6.45) is 2.72. The molecule has 1 saturated heterocycles. The van der Waals surface area contributed by atoms with Crippen LogP contribution in [0.3, 0.4) is 0 Å². The van der Waals surface area contributed by atoms with Gasteiger partial charge in [-0.05, 0) is 30.0 Å². The minimum atomic E-state index is -3.30. The first-order valence-corrected chi connectivity index (χ1v) is 12.1. The summed E-state index contributed by atoms with van der Waals surface area (Å²) in [6, 6.07) is 13.6. The van der Waals surface area contributed by atoms with Gasteiger partial charge in [0.05, 0.1) is 12.6 Å². The summed E-state index contributed by atoms with van der Waals surface area (Å²) in [5, 5.41) is 16.2. The van der Waals surface area contributed by atoms with E-state index in [-0.39, 0.29) is 25.8 Å². The van der Waals surface area contributed by atoms with Crippen LogP contribution in [-0.2, 0) is 27.3 Å². The topological polar surface area (TPSA) is 98.7 Å². The highest BCUT2D eigenvalue weighted by Crippen LogP contribution is 2.33. The van der Waals surface area contributed by atoms with Crippen LogP contribution >= 0.6 is 0 Å². The maximum absolute atomic E-state index is 14.4. The molecule has 0 bridgehead atoms. The number of carbonyl (C=O) groups is 3. The van der Waals surface area contributed by atoms with E-state index in [4.69, 9.17) is 6.42 Å². The first kappa shape index (κ1) is 27.8. The summed E-state index contributed by atoms with van der Waals surface area (Å²) in [7, 11) is 0. The zero-order valence-corrected chi connectivity index (χ0v) is 20.6. The SMILES string of the molecule is C#CCCC(=O)N[C@@H](Cc1ccccc1)[C@H](O)C(=O)N1CC(F)(F)C[C@H]1C(=O)NCc1ccccc1C. The van der Waals surface area contributed by atoms with E-state index < -0.39 is 54.8 Å². The van der Waals surface area contributed by atoms with Gasteiger partial charge in [0.25, 0.3) is 11.8 Å². The molecule has 9 heteroatoms. The van der Waals surface area contributed by atoms with E-state index in [9.17, 15) is 28.3 Å². The number of carbonyl (C=O) groups excluding carboxylic acids is 3. The molecule has 3 N–H and O–H groups in total. The van der Waals surface area contributed by atoms with Gasteiger partial charge in [-0.25, -0.2) is 8.78 Å². The van der Waals surface area contributed by atoms with Gasteiger partial charge >= 0.3 is 0 Å². The van der Waals surface area contributed by atoms with Crippen LogP contribution in [0.15, 0.2) is 54.6 Å². The van der Waals surface area contributed by atoms with Gasteiger partial charge in [0.15, 0.2) is 6.10 Å². The maximum atomic E-state index is 14.4. The van der Waals surface area contributed by atoms with Crippen LogP contribution < -0.4 is 10.6 Å². The van der Waals surface area contributed by atoms with Gasteiger partial charge in [-0.2, -0.15) is 0 Å². The maximum Gasteiger partial charge on any atom is 0.267 e. The molecule has 1 aliphatic heterocycles. The standard InChI is InChI=1S/C28H31F2N3O4/c1-3-4-14-24(34)32-22(15-20-11-6-5-7-12-20)25(35)27(37)33-18-28(29,30)16-23(33)26(36)31-17-21-13-9-8-10-19(21)2/h1,5-13,22-23,25,35H,4,14-18H2,2H3,(H,31,36)(H,32,34)/t22-,23-,25-/m0/s1. The number of halogens is 2. The van der Waals surface area contributed by atoms with Crippen LogP contribution in [0.2, 0.25) is 0 Å². The molecule has 0 spiro atoms. The van der Waals surface area contributed by atoms with Crippen molar-refractivity contribution >= 4 is 17.7 Å². The van der Waals surface area contributed by atoms with Crippen LogP contribution in [-0.4, -0.2) is 58.4 Å². The Kier molecular flexibility index (Phi) is 9.36. The molecule has 1 fully saturated rings. The average molecular weight is 512 g/mol. The van der Waals surface area contributed by atoms with Crippen molar-refractivity contribution in [3.8, 4) is 12.3 Å². The molecule has 0 saturated carbocycles. The Hall–Kier alpha value is -3.77. The number of amides is 3. The number of hydrogen-bond acceptors (Lipinski definition) is 4. The molecule has 1 aliphatic rings. The Morgan fingerprint density at radius 1 is 1.16 bits per heavy atom. The summed E-state index contributed by atoms with van der Waals surface area (Å²) in [6.45, 7) is 0.969. The van der Waals surface area contributed by atoms with Crippen molar-refractivity contribution in [2.45, 2.75) is 63.3 Å². The number of aryl methyl sites for hydroxylation is 1. The molecule has 7 nitrogen and oxygen atoms in total. The van der Waals surface area contributed by atoms with E-state index in [1.807, 2.05) is 25.1 Å². The van der Waals surface area contributed by atoms with Gasteiger partial charge in [0.2, 0.25) is 11.8 Å². The highest BCUT2D eigenvalue weighted by atomic mass is 19.3. The Balaban J connectivity index is 1.76. The predicted molar refractivity (Wildman–Crippen MR) is 134 cm³/mol. The molecule has 196 valence electrons. The zero-order chi connectivity index (χ0) is 27.0. The molecule has 1 heterocycles. The summed E-state index contributed by atoms with van der Waals surface area (Å²) in [5.74, 6) is -3.22. The summed E-state index contributed by atoms with van der Waals surface area (Å²) in [4.78, 5) is 39.2. The normalized spacial score (nSPS) is 17.9. The third kappa shape index (κ3) is 7.61. The van der Waals surface area contributed by atoms with Crippen molar-refractivity contribution in [3.63, 3.8) is 0 Å². The number of likely N-dealkylation sites (tertiary alicyclic amines) is 1. The molecule has 0 aromatic heterocycles. The largest absolute Gasteiger partial charge is 0.381 e. The Morgan fingerprint density at radius 2 is 1.84 bits per heavy atom. The third-order valence-electron chi connectivity index (χ3n) is 6.35. The fraction of sp³-hybridized carbons (Fsp3) is 0.393. The lowest BCUT2D eigenvalue weighted by molar-refractivity contribution is -0.147. The molecular weight excluding hydrogens is 480 g/mol. The molecule has 0 unspecified atom stereocenters. The highest BCUT2D eigenvalue weighted by molar-refractivity contribution is 5.91. The number of terminal acetylenes is 1. The van der Waals surface area contributed by atoms with Crippen molar-refractivity contribution in [2.75, 3.05) is 6.54 Å². The zero-order valence-electron chi connectivity index (χ0n) is 20.6. The van der Waals surface area contributed by atoms with Crippen molar-refractivity contribution in [1.29, 1.82) is 0 Å². The quantitative estimate of drug-likeness (QED) is 0.427. The van der Waals surface area contributed by atoms with E-state index in [0.29, 0.717) is 4.90 Å². The average Bonchev–Trinajstić information content (AvgIpc) is 3.21. The van der Waals surface area contributed by atoms with Gasteiger partial charge in [-0.3, -0.25) is 14.4 Å². The second kappa shape index (κ2) is 12.5. The molecule has 2 aromatic carbocycles. The van der Waals surface area contributed by atoms with Crippen molar-refractivity contribution in [2.24, 2.45) is 0 Å². The first-order valence-electron chi connectivity index (χ1n) is 12.1. The van der Waals surface area contributed by atoms with Gasteiger partial charge in [0.1, 0.15) is 6.04 Å². The monoisotopic (exact) mass is 511 g/mol. The van der Waals surface area contributed by atoms with Crippen LogP contribution in [0.5, 0.6) is 0 Å². The van der Waals surface area contributed by atoms with E-state index >= 15 is 0 Å². The van der Waals surface area contributed by atoms with E-state index in [1.165, 1.54) is 0 Å².